The highest BCUT2D eigenvalue weighted by Gasteiger charge is 2.18. The molecule has 0 fully saturated rings. The summed E-state index contributed by atoms with van der Waals surface area (Å²) >= 11 is 0. The zero-order chi connectivity index (χ0) is 13.9. The van der Waals surface area contributed by atoms with Crippen LogP contribution in [0.4, 0.5) is 5.69 Å². The summed E-state index contributed by atoms with van der Waals surface area (Å²) in [6.07, 6.45) is 1.37. The SMILES string of the molecule is CNS(=O)(=O)c1ccccc1NC(=O)c1ccco1. The van der Waals surface area contributed by atoms with E-state index < -0.39 is 15.9 Å². The third-order valence-electron chi connectivity index (χ3n) is 2.44. The molecule has 0 radical (unpaired) electrons. The number of sulfonamides is 1. The Morgan fingerprint density at radius 3 is 2.53 bits per heavy atom. The molecular formula is C12H12N2O4S. The van der Waals surface area contributed by atoms with E-state index in [0.29, 0.717) is 0 Å². The third-order valence-corrected chi connectivity index (χ3v) is 3.91. The first-order valence-corrected chi connectivity index (χ1v) is 6.90. The van der Waals surface area contributed by atoms with Gasteiger partial charge < -0.3 is 9.73 Å². The van der Waals surface area contributed by atoms with Gasteiger partial charge in [0, 0.05) is 0 Å². The van der Waals surface area contributed by atoms with Crippen molar-refractivity contribution in [2.45, 2.75) is 4.90 Å². The van der Waals surface area contributed by atoms with Gasteiger partial charge in [0.2, 0.25) is 10.0 Å². The minimum atomic E-state index is -3.64. The Kier molecular flexibility index (Phi) is 3.68. The summed E-state index contributed by atoms with van der Waals surface area (Å²) in [7, 11) is -2.33. The van der Waals surface area contributed by atoms with Crippen molar-refractivity contribution in [1.82, 2.24) is 4.72 Å². The lowest BCUT2D eigenvalue weighted by Gasteiger charge is -2.09. The van der Waals surface area contributed by atoms with Gasteiger partial charge in [-0.2, -0.15) is 0 Å². The molecule has 7 heteroatoms. The molecule has 0 bridgehead atoms. The van der Waals surface area contributed by atoms with Gasteiger partial charge in [0.05, 0.1) is 12.0 Å². The van der Waals surface area contributed by atoms with Crippen molar-refractivity contribution in [3.8, 4) is 0 Å². The second-order valence-electron chi connectivity index (χ2n) is 3.64. The number of rotatable bonds is 4. The van der Waals surface area contributed by atoms with Crippen molar-refractivity contribution in [3.63, 3.8) is 0 Å². The minimum absolute atomic E-state index is 0.00240. The molecule has 0 spiro atoms. The molecular weight excluding hydrogens is 268 g/mol. The lowest BCUT2D eigenvalue weighted by molar-refractivity contribution is 0.0996. The number of benzene rings is 1. The van der Waals surface area contributed by atoms with Crippen LogP contribution < -0.4 is 10.0 Å². The topological polar surface area (TPSA) is 88.4 Å². The molecule has 19 heavy (non-hydrogen) atoms. The fourth-order valence-electron chi connectivity index (χ4n) is 1.51. The number of para-hydroxylation sites is 1. The summed E-state index contributed by atoms with van der Waals surface area (Å²) in [5.74, 6) is -0.402. The van der Waals surface area contributed by atoms with E-state index in [-0.39, 0.29) is 16.3 Å². The van der Waals surface area contributed by atoms with E-state index in [1.165, 1.54) is 31.5 Å². The van der Waals surface area contributed by atoms with Crippen LogP contribution in [0, 0.1) is 0 Å². The monoisotopic (exact) mass is 280 g/mol. The van der Waals surface area contributed by atoms with Crippen LogP contribution >= 0.6 is 0 Å². The quantitative estimate of drug-likeness (QED) is 0.887. The maximum Gasteiger partial charge on any atom is 0.291 e. The third kappa shape index (κ3) is 2.83. The Morgan fingerprint density at radius 1 is 1.16 bits per heavy atom. The van der Waals surface area contributed by atoms with Crippen LogP contribution in [0.25, 0.3) is 0 Å². The van der Waals surface area contributed by atoms with Crippen LogP contribution in [0.15, 0.2) is 52.0 Å². The van der Waals surface area contributed by atoms with E-state index in [9.17, 15) is 13.2 Å². The fraction of sp³-hybridized carbons (Fsp3) is 0.0833. The first-order valence-electron chi connectivity index (χ1n) is 5.42. The largest absolute Gasteiger partial charge is 0.459 e. The Bertz CT molecular complexity index is 678. The number of amides is 1. The Hall–Kier alpha value is -2.12. The molecule has 2 aromatic rings. The summed E-state index contributed by atoms with van der Waals surface area (Å²) in [6, 6.07) is 9.18. The highest BCUT2D eigenvalue weighted by atomic mass is 32.2. The van der Waals surface area contributed by atoms with Crippen LogP contribution in [-0.4, -0.2) is 21.4 Å². The normalized spacial score (nSPS) is 11.2. The van der Waals surface area contributed by atoms with E-state index in [1.54, 1.807) is 18.2 Å². The van der Waals surface area contributed by atoms with Crippen LogP contribution in [0.1, 0.15) is 10.6 Å². The summed E-state index contributed by atoms with van der Waals surface area (Å²) in [5, 5.41) is 2.50. The fourth-order valence-corrected chi connectivity index (χ4v) is 2.39. The number of hydrogen-bond acceptors (Lipinski definition) is 4. The molecule has 100 valence electrons. The Labute approximate surface area is 110 Å². The van der Waals surface area contributed by atoms with E-state index in [4.69, 9.17) is 4.42 Å². The van der Waals surface area contributed by atoms with Crippen molar-refractivity contribution in [1.29, 1.82) is 0 Å². The molecule has 0 aliphatic heterocycles. The molecule has 0 atom stereocenters. The summed E-state index contributed by atoms with van der Waals surface area (Å²) in [5.41, 5.74) is 0.193. The molecule has 0 aliphatic rings. The number of furan rings is 1. The van der Waals surface area contributed by atoms with Gasteiger partial charge in [-0.05, 0) is 31.3 Å². The number of nitrogens with one attached hydrogen (secondary N) is 2. The number of carbonyl (C=O) groups is 1. The van der Waals surface area contributed by atoms with Gasteiger partial charge in [0.25, 0.3) is 5.91 Å². The van der Waals surface area contributed by atoms with E-state index in [2.05, 4.69) is 10.0 Å². The van der Waals surface area contributed by atoms with Crippen molar-refractivity contribution >= 4 is 21.6 Å². The molecule has 1 aromatic carbocycles. The van der Waals surface area contributed by atoms with Gasteiger partial charge in [0.15, 0.2) is 5.76 Å². The average Bonchev–Trinajstić information content (AvgIpc) is 2.93. The highest BCUT2D eigenvalue weighted by molar-refractivity contribution is 7.89. The smallest absolute Gasteiger partial charge is 0.291 e. The zero-order valence-electron chi connectivity index (χ0n) is 10.1. The molecule has 0 saturated carbocycles. The van der Waals surface area contributed by atoms with E-state index in [0.717, 1.165) is 0 Å². The first kappa shape index (κ1) is 13.3. The number of hydrogen-bond donors (Lipinski definition) is 2. The Morgan fingerprint density at radius 2 is 1.89 bits per heavy atom. The molecule has 2 N–H and O–H groups in total. The lowest BCUT2D eigenvalue weighted by atomic mass is 10.3. The molecule has 0 aliphatic carbocycles. The van der Waals surface area contributed by atoms with Crippen molar-refractivity contribution in [2.75, 3.05) is 12.4 Å². The van der Waals surface area contributed by atoms with Gasteiger partial charge in [-0.15, -0.1) is 0 Å². The van der Waals surface area contributed by atoms with Gasteiger partial charge >= 0.3 is 0 Å². The highest BCUT2D eigenvalue weighted by Crippen LogP contribution is 2.21. The molecule has 1 amide bonds. The molecule has 1 heterocycles. The summed E-state index contributed by atoms with van der Waals surface area (Å²) in [4.78, 5) is 11.8. The molecule has 0 unspecified atom stereocenters. The first-order chi connectivity index (χ1) is 9.04. The van der Waals surface area contributed by atoms with Gasteiger partial charge in [0.1, 0.15) is 4.90 Å². The maximum atomic E-state index is 11.8. The second kappa shape index (κ2) is 5.25. The zero-order valence-corrected chi connectivity index (χ0v) is 10.9. The lowest BCUT2D eigenvalue weighted by Crippen LogP contribution is -2.21. The summed E-state index contributed by atoms with van der Waals surface area (Å²) < 4.78 is 30.8. The number of carbonyl (C=O) groups excluding carboxylic acids is 1. The van der Waals surface area contributed by atoms with Crippen LogP contribution in [-0.2, 0) is 10.0 Å². The molecule has 2 rings (SSSR count). The minimum Gasteiger partial charge on any atom is -0.459 e. The van der Waals surface area contributed by atoms with Gasteiger partial charge in [-0.25, -0.2) is 13.1 Å². The van der Waals surface area contributed by atoms with E-state index >= 15 is 0 Å². The van der Waals surface area contributed by atoms with E-state index in [1.807, 2.05) is 0 Å². The second-order valence-corrected chi connectivity index (χ2v) is 5.49. The molecule has 0 saturated heterocycles. The van der Waals surface area contributed by atoms with Gasteiger partial charge in [-0.1, -0.05) is 12.1 Å². The number of anilines is 1. The maximum absolute atomic E-state index is 11.8. The van der Waals surface area contributed by atoms with Crippen molar-refractivity contribution in [3.05, 3.63) is 48.4 Å². The van der Waals surface area contributed by atoms with Crippen molar-refractivity contribution < 1.29 is 17.6 Å². The summed E-state index contributed by atoms with van der Waals surface area (Å²) in [6.45, 7) is 0. The van der Waals surface area contributed by atoms with Crippen molar-refractivity contribution in [2.24, 2.45) is 0 Å². The van der Waals surface area contributed by atoms with Crippen LogP contribution in [0.2, 0.25) is 0 Å². The molecule has 1 aromatic heterocycles. The predicted molar refractivity (Wildman–Crippen MR) is 69.3 cm³/mol. The van der Waals surface area contributed by atoms with Crippen LogP contribution in [0.3, 0.4) is 0 Å². The van der Waals surface area contributed by atoms with Crippen LogP contribution in [0.5, 0.6) is 0 Å². The Balaban J connectivity index is 2.34. The van der Waals surface area contributed by atoms with Gasteiger partial charge in [-0.3, -0.25) is 4.79 Å². The average molecular weight is 280 g/mol. The predicted octanol–water partition coefficient (Wildman–Crippen LogP) is 1.44. The standard InChI is InChI=1S/C12H12N2O4S/c1-13-19(16,17)11-7-3-2-5-9(11)14-12(15)10-6-4-8-18-10/h2-8,13H,1H3,(H,14,15). The molecule has 6 nitrogen and oxygen atoms in total.